The standard InChI is InChI=1S/C10H11N3O2S/c1-3-15-9(14)5-4-8-6-7(2)16-10(8)12-13-11/h4-6H,3H2,1-2H3. The number of nitrogens with zero attached hydrogens (tertiary/aromatic N) is 3. The molecular formula is C10H11N3O2S. The molecule has 1 heterocycles. The molecule has 0 saturated carbocycles. The van der Waals surface area contributed by atoms with Gasteiger partial charge in [-0.3, -0.25) is 0 Å². The first-order valence-corrected chi connectivity index (χ1v) is 5.49. The van der Waals surface area contributed by atoms with Crippen LogP contribution in [0.25, 0.3) is 16.5 Å². The number of aryl methyl sites for hydroxylation is 1. The zero-order valence-corrected chi connectivity index (χ0v) is 9.82. The van der Waals surface area contributed by atoms with Gasteiger partial charge in [-0.25, -0.2) is 4.79 Å². The molecule has 84 valence electrons. The highest BCUT2D eigenvalue weighted by molar-refractivity contribution is 7.16. The number of ether oxygens (including phenoxy) is 1. The number of esters is 1. The van der Waals surface area contributed by atoms with Crippen LogP contribution in [-0.2, 0) is 9.53 Å². The molecule has 1 aromatic heterocycles. The molecule has 0 bridgehead atoms. The smallest absolute Gasteiger partial charge is 0.330 e. The molecule has 0 N–H and O–H groups in total. The van der Waals surface area contributed by atoms with Crippen molar-refractivity contribution in [3.63, 3.8) is 0 Å². The second-order valence-electron chi connectivity index (χ2n) is 2.89. The first kappa shape index (κ1) is 12.3. The van der Waals surface area contributed by atoms with Crippen molar-refractivity contribution in [1.29, 1.82) is 0 Å². The Kier molecular flexibility index (Phi) is 4.57. The van der Waals surface area contributed by atoms with Gasteiger partial charge in [0.05, 0.1) is 11.6 Å². The summed E-state index contributed by atoms with van der Waals surface area (Å²) in [6.07, 6.45) is 2.91. The molecule has 0 unspecified atom stereocenters. The fraction of sp³-hybridized carbons (Fsp3) is 0.300. The summed E-state index contributed by atoms with van der Waals surface area (Å²) in [6, 6.07) is 1.85. The van der Waals surface area contributed by atoms with E-state index < -0.39 is 5.97 Å². The first-order valence-electron chi connectivity index (χ1n) is 4.67. The van der Waals surface area contributed by atoms with Gasteiger partial charge >= 0.3 is 5.97 Å². The topological polar surface area (TPSA) is 75.1 Å². The highest BCUT2D eigenvalue weighted by atomic mass is 32.1. The molecule has 0 aliphatic heterocycles. The van der Waals surface area contributed by atoms with Crippen molar-refractivity contribution in [2.45, 2.75) is 13.8 Å². The third-order valence-corrected chi connectivity index (χ3v) is 2.64. The average molecular weight is 237 g/mol. The van der Waals surface area contributed by atoms with E-state index in [9.17, 15) is 4.79 Å². The van der Waals surface area contributed by atoms with Crippen molar-refractivity contribution in [3.8, 4) is 0 Å². The van der Waals surface area contributed by atoms with Crippen LogP contribution >= 0.6 is 11.3 Å². The summed E-state index contributed by atoms with van der Waals surface area (Å²) in [5.41, 5.74) is 9.09. The van der Waals surface area contributed by atoms with Crippen molar-refractivity contribution in [2.75, 3.05) is 6.61 Å². The van der Waals surface area contributed by atoms with Gasteiger partial charge in [0.1, 0.15) is 0 Å². The maximum atomic E-state index is 11.1. The molecule has 0 saturated heterocycles. The zero-order valence-electron chi connectivity index (χ0n) is 9.01. The third kappa shape index (κ3) is 3.42. The predicted octanol–water partition coefficient (Wildman–Crippen LogP) is 3.57. The number of azide groups is 1. The number of thiophene rings is 1. The molecule has 0 radical (unpaired) electrons. The minimum absolute atomic E-state index is 0.342. The van der Waals surface area contributed by atoms with Gasteiger partial charge in [0.25, 0.3) is 0 Å². The van der Waals surface area contributed by atoms with Gasteiger partial charge in [0.15, 0.2) is 0 Å². The number of carbonyl (C=O) groups is 1. The Labute approximate surface area is 97.0 Å². The van der Waals surface area contributed by atoms with Crippen molar-refractivity contribution < 1.29 is 9.53 Å². The molecule has 0 spiro atoms. The van der Waals surface area contributed by atoms with Gasteiger partial charge in [-0.2, -0.15) is 0 Å². The monoisotopic (exact) mass is 237 g/mol. The van der Waals surface area contributed by atoms with Gasteiger partial charge in [-0.1, -0.05) is 0 Å². The molecule has 0 amide bonds. The van der Waals surface area contributed by atoms with E-state index in [4.69, 9.17) is 10.3 Å². The van der Waals surface area contributed by atoms with Crippen molar-refractivity contribution in [1.82, 2.24) is 0 Å². The molecule has 0 aromatic carbocycles. The van der Waals surface area contributed by atoms with Crippen LogP contribution in [0.5, 0.6) is 0 Å². The lowest BCUT2D eigenvalue weighted by molar-refractivity contribution is -0.137. The maximum Gasteiger partial charge on any atom is 0.330 e. The quantitative estimate of drug-likeness (QED) is 0.264. The van der Waals surface area contributed by atoms with Gasteiger partial charge in [-0.05, 0) is 42.2 Å². The summed E-state index contributed by atoms with van der Waals surface area (Å²) in [5.74, 6) is -0.404. The average Bonchev–Trinajstić information content (AvgIpc) is 2.57. The first-order chi connectivity index (χ1) is 7.67. The van der Waals surface area contributed by atoms with Crippen LogP contribution in [-0.4, -0.2) is 12.6 Å². The second kappa shape index (κ2) is 5.95. The third-order valence-electron chi connectivity index (χ3n) is 1.68. The van der Waals surface area contributed by atoms with Crippen molar-refractivity contribution >= 4 is 28.4 Å². The van der Waals surface area contributed by atoms with E-state index in [1.807, 2.05) is 13.0 Å². The van der Waals surface area contributed by atoms with Crippen LogP contribution in [0.4, 0.5) is 5.00 Å². The van der Waals surface area contributed by atoms with E-state index in [1.54, 1.807) is 13.0 Å². The lowest BCUT2D eigenvalue weighted by atomic mass is 10.2. The van der Waals surface area contributed by atoms with Gasteiger partial charge < -0.3 is 4.74 Å². The molecule has 16 heavy (non-hydrogen) atoms. The fourth-order valence-corrected chi connectivity index (χ4v) is 1.92. The molecule has 0 fully saturated rings. The molecule has 1 rings (SSSR count). The Bertz CT molecular complexity index is 459. The Balaban J connectivity index is 2.87. The highest BCUT2D eigenvalue weighted by Gasteiger charge is 2.03. The molecule has 0 atom stereocenters. The number of carbonyl (C=O) groups excluding carboxylic acids is 1. The molecular weight excluding hydrogens is 226 g/mol. The van der Waals surface area contributed by atoms with Crippen LogP contribution in [0, 0.1) is 6.92 Å². The van der Waals surface area contributed by atoms with Gasteiger partial charge in [0, 0.05) is 15.9 Å². The van der Waals surface area contributed by atoms with Crippen molar-refractivity contribution in [3.05, 3.63) is 33.0 Å². The molecule has 0 aliphatic carbocycles. The Morgan fingerprint density at radius 1 is 1.75 bits per heavy atom. The zero-order chi connectivity index (χ0) is 12.0. The van der Waals surface area contributed by atoms with Gasteiger partial charge in [0.2, 0.25) is 0 Å². The number of hydrogen-bond acceptors (Lipinski definition) is 4. The fourth-order valence-electron chi connectivity index (χ4n) is 1.11. The molecule has 6 heteroatoms. The summed E-state index contributed by atoms with van der Waals surface area (Å²) >= 11 is 1.38. The summed E-state index contributed by atoms with van der Waals surface area (Å²) in [5, 5.41) is 4.10. The van der Waals surface area contributed by atoms with Crippen LogP contribution in [0.15, 0.2) is 17.3 Å². The van der Waals surface area contributed by atoms with E-state index in [0.717, 1.165) is 10.4 Å². The van der Waals surface area contributed by atoms with E-state index in [1.165, 1.54) is 17.4 Å². The minimum Gasteiger partial charge on any atom is -0.463 e. The van der Waals surface area contributed by atoms with Crippen LogP contribution < -0.4 is 0 Å². The maximum absolute atomic E-state index is 11.1. The Morgan fingerprint density at radius 3 is 3.12 bits per heavy atom. The summed E-state index contributed by atoms with van der Waals surface area (Å²) in [4.78, 5) is 14.8. The van der Waals surface area contributed by atoms with Crippen LogP contribution in [0.2, 0.25) is 0 Å². The summed E-state index contributed by atoms with van der Waals surface area (Å²) < 4.78 is 4.74. The molecule has 0 aliphatic rings. The largest absolute Gasteiger partial charge is 0.463 e. The van der Waals surface area contributed by atoms with Crippen LogP contribution in [0.3, 0.4) is 0 Å². The SMILES string of the molecule is CCOC(=O)C=Cc1cc(C)sc1N=[N+]=[N-]. The predicted molar refractivity (Wildman–Crippen MR) is 63.5 cm³/mol. The van der Waals surface area contributed by atoms with E-state index >= 15 is 0 Å². The minimum atomic E-state index is -0.404. The van der Waals surface area contributed by atoms with E-state index in [0.29, 0.717) is 11.6 Å². The van der Waals surface area contributed by atoms with Crippen molar-refractivity contribution in [2.24, 2.45) is 5.11 Å². The van der Waals surface area contributed by atoms with Crippen LogP contribution in [0.1, 0.15) is 17.4 Å². The Morgan fingerprint density at radius 2 is 2.50 bits per heavy atom. The van der Waals surface area contributed by atoms with Gasteiger partial charge in [-0.15, -0.1) is 11.3 Å². The normalized spacial score (nSPS) is 10.1. The lowest BCUT2D eigenvalue weighted by Crippen LogP contribution is -1.98. The Hall–Kier alpha value is -1.78. The highest BCUT2D eigenvalue weighted by Crippen LogP contribution is 2.31. The number of rotatable bonds is 4. The number of hydrogen-bond donors (Lipinski definition) is 0. The lowest BCUT2D eigenvalue weighted by Gasteiger charge is -1.94. The molecule has 5 nitrogen and oxygen atoms in total. The van der Waals surface area contributed by atoms with E-state index in [-0.39, 0.29) is 0 Å². The molecule has 1 aromatic rings. The second-order valence-corrected chi connectivity index (χ2v) is 4.13. The summed E-state index contributed by atoms with van der Waals surface area (Å²) in [6.45, 7) is 3.99. The summed E-state index contributed by atoms with van der Waals surface area (Å²) in [7, 11) is 0. The van der Waals surface area contributed by atoms with E-state index in [2.05, 4.69) is 10.0 Å².